The van der Waals surface area contributed by atoms with Crippen LogP contribution in [0.15, 0.2) is 0 Å². The van der Waals surface area contributed by atoms with Gasteiger partial charge in [-0.3, -0.25) is 4.79 Å². The van der Waals surface area contributed by atoms with Crippen LogP contribution in [0.4, 0.5) is 0 Å². The summed E-state index contributed by atoms with van der Waals surface area (Å²) in [5.74, 6) is -0.383. The third kappa shape index (κ3) is 6.80. The number of aliphatic hydroxyl groups is 1. The smallest absolute Gasteiger partial charge is 0.308 e. The van der Waals surface area contributed by atoms with E-state index in [2.05, 4.69) is 0 Å². The van der Waals surface area contributed by atoms with Gasteiger partial charge in [0, 0.05) is 0 Å². The van der Waals surface area contributed by atoms with Crippen molar-refractivity contribution in [2.45, 2.75) is 65.3 Å². The van der Waals surface area contributed by atoms with E-state index < -0.39 is 6.10 Å². The van der Waals surface area contributed by atoms with Crippen molar-refractivity contribution in [2.24, 2.45) is 0 Å². The summed E-state index contributed by atoms with van der Waals surface area (Å²) in [5.41, 5.74) is -0.323. The van der Waals surface area contributed by atoms with Crippen LogP contribution in [0.1, 0.15) is 47.5 Å². The first-order valence-electron chi connectivity index (χ1n) is 5.81. The zero-order valence-corrected chi connectivity index (χ0v) is 10.9. The third-order valence-corrected chi connectivity index (χ3v) is 2.02. The molecule has 4 nitrogen and oxygen atoms in total. The minimum atomic E-state index is -0.803. The Bertz CT molecular complexity index is 208. The minimum Gasteiger partial charge on any atom is -0.466 e. The van der Waals surface area contributed by atoms with Gasteiger partial charge in [-0.1, -0.05) is 6.92 Å². The third-order valence-electron chi connectivity index (χ3n) is 2.02. The number of hydrogen-bond acceptors (Lipinski definition) is 4. The molecule has 0 spiro atoms. The monoisotopic (exact) mass is 232 g/mol. The number of carbonyl (C=O) groups excluding carboxylic acids is 1. The molecule has 0 rings (SSSR count). The van der Waals surface area contributed by atoms with Crippen LogP contribution in [0, 0.1) is 0 Å². The summed E-state index contributed by atoms with van der Waals surface area (Å²) in [6, 6.07) is 0. The van der Waals surface area contributed by atoms with E-state index in [1.165, 1.54) is 0 Å². The lowest BCUT2D eigenvalue weighted by molar-refractivity contribution is -0.153. The number of aliphatic hydroxyl groups excluding tert-OH is 1. The van der Waals surface area contributed by atoms with Crippen molar-refractivity contribution in [1.82, 2.24) is 0 Å². The van der Waals surface area contributed by atoms with Gasteiger partial charge in [-0.2, -0.15) is 0 Å². The van der Waals surface area contributed by atoms with E-state index >= 15 is 0 Å². The molecular weight excluding hydrogens is 208 g/mol. The molecule has 96 valence electrons. The van der Waals surface area contributed by atoms with Crippen LogP contribution in [-0.2, 0) is 14.3 Å². The molecule has 0 radical (unpaired) electrons. The second-order valence-electron chi connectivity index (χ2n) is 4.75. The Hall–Kier alpha value is -0.610. The van der Waals surface area contributed by atoms with Crippen molar-refractivity contribution in [2.75, 3.05) is 6.61 Å². The lowest BCUT2D eigenvalue weighted by Crippen LogP contribution is -2.37. The van der Waals surface area contributed by atoms with Crippen molar-refractivity contribution in [3.8, 4) is 0 Å². The van der Waals surface area contributed by atoms with E-state index in [-0.39, 0.29) is 24.1 Å². The highest BCUT2D eigenvalue weighted by atomic mass is 16.5. The summed E-state index contributed by atoms with van der Waals surface area (Å²) in [6.45, 7) is 9.77. The van der Waals surface area contributed by atoms with Gasteiger partial charge in [0.1, 0.15) is 0 Å². The maximum absolute atomic E-state index is 11.2. The van der Waals surface area contributed by atoms with Crippen LogP contribution in [-0.4, -0.2) is 35.5 Å². The largest absolute Gasteiger partial charge is 0.466 e. The number of esters is 1. The molecule has 0 aliphatic carbocycles. The second kappa shape index (κ2) is 6.86. The van der Waals surface area contributed by atoms with E-state index in [9.17, 15) is 9.90 Å². The summed E-state index contributed by atoms with van der Waals surface area (Å²) < 4.78 is 10.5. The molecule has 0 unspecified atom stereocenters. The predicted octanol–water partition coefficient (Wildman–Crippen LogP) is 1.89. The van der Waals surface area contributed by atoms with Gasteiger partial charge >= 0.3 is 5.97 Å². The Labute approximate surface area is 97.9 Å². The number of hydrogen-bond donors (Lipinski definition) is 1. The summed E-state index contributed by atoms with van der Waals surface area (Å²) in [6.07, 6.45) is -0.479. The lowest BCUT2D eigenvalue weighted by Gasteiger charge is -2.29. The Balaban J connectivity index is 4.20. The average Bonchev–Trinajstić information content (AvgIpc) is 2.12. The standard InChI is InChI=1S/C12H24O4/c1-6-10(16-12(3,4)5)9(13)8-11(14)15-7-2/h9-10,13H,6-8H2,1-5H3/t9-,10+/m0/s1. The Morgan fingerprint density at radius 3 is 2.25 bits per heavy atom. The van der Waals surface area contributed by atoms with E-state index in [1.807, 2.05) is 27.7 Å². The molecule has 0 saturated heterocycles. The quantitative estimate of drug-likeness (QED) is 0.711. The zero-order chi connectivity index (χ0) is 12.8. The van der Waals surface area contributed by atoms with E-state index in [4.69, 9.17) is 9.47 Å². The van der Waals surface area contributed by atoms with E-state index in [0.29, 0.717) is 13.0 Å². The Morgan fingerprint density at radius 2 is 1.88 bits per heavy atom. The van der Waals surface area contributed by atoms with Gasteiger partial charge < -0.3 is 14.6 Å². The van der Waals surface area contributed by atoms with Crippen LogP contribution in [0.5, 0.6) is 0 Å². The molecule has 1 N–H and O–H groups in total. The van der Waals surface area contributed by atoms with Crippen LogP contribution in [0.25, 0.3) is 0 Å². The summed E-state index contributed by atoms with van der Waals surface area (Å²) in [7, 11) is 0. The molecule has 0 saturated carbocycles. The van der Waals surface area contributed by atoms with Crippen molar-refractivity contribution >= 4 is 5.97 Å². The number of carbonyl (C=O) groups is 1. The molecule has 0 aromatic rings. The van der Waals surface area contributed by atoms with Gasteiger partial charge in [0.2, 0.25) is 0 Å². The number of ether oxygens (including phenoxy) is 2. The SMILES string of the molecule is CCOC(=O)C[C@H](O)[C@@H](CC)OC(C)(C)C. The van der Waals surface area contributed by atoms with Gasteiger partial charge in [-0.05, 0) is 34.1 Å². The van der Waals surface area contributed by atoms with Crippen LogP contribution < -0.4 is 0 Å². The van der Waals surface area contributed by atoms with Crippen molar-refractivity contribution in [3.05, 3.63) is 0 Å². The molecule has 0 aliphatic heterocycles. The first-order chi connectivity index (χ1) is 7.30. The highest BCUT2D eigenvalue weighted by molar-refractivity contribution is 5.69. The van der Waals surface area contributed by atoms with Gasteiger partial charge in [-0.15, -0.1) is 0 Å². The highest BCUT2D eigenvalue weighted by Crippen LogP contribution is 2.17. The molecule has 2 atom stereocenters. The van der Waals surface area contributed by atoms with Gasteiger partial charge in [0.05, 0.1) is 30.8 Å². The fraction of sp³-hybridized carbons (Fsp3) is 0.917. The molecule has 0 amide bonds. The molecule has 0 bridgehead atoms. The fourth-order valence-electron chi connectivity index (χ4n) is 1.41. The van der Waals surface area contributed by atoms with Crippen molar-refractivity contribution in [1.29, 1.82) is 0 Å². The number of rotatable bonds is 6. The minimum absolute atomic E-state index is 0.0115. The normalized spacial score (nSPS) is 15.6. The maximum Gasteiger partial charge on any atom is 0.308 e. The topological polar surface area (TPSA) is 55.8 Å². The molecular formula is C12H24O4. The molecule has 4 heteroatoms. The molecule has 0 aliphatic rings. The molecule has 16 heavy (non-hydrogen) atoms. The average molecular weight is 232 g/mol. The van der Waals surface area contributed by atoms with Crippen LogP contribution in [0.3, 0.4) is 0 Å². The van der Waals surface area contributed by atoms with Crippen LogP contribution >= 0.6 is 0 Å². The molecule has 0 fully saturated rings. The summed E-state index contributed by atoms with van der Waals surface area (Å²) in [4.78, 5) is 11.2. The molecule has 0 aromatic carbocycles. The first kappa shape index (κ1) is 15.4. The van der Waals surface area contributed by atoms with E-state index in [1.54, 1.807) is 6.92 Å². The maximum atomic E-state index is 11.2. The zero-order valence-electron chi connectivity index (χ0n) is 10.9. The predicted molar refractivity (Wildman–Crippen MR) is 62.2 cm³/mol. The molecule has 0 heterocycles. The van der Waals surface area contributed by atoms with Gasteiger partial charge in [0.15, 0.2) is 0 Å². The van der Waals surface area contributed by atoms with E-state index in [0.717, 1.165) is 0 Å². The van der Waals surface area contributed by atoms with Crippen LogP contribution in [0.2, 0.25) is 0 Å². The van der Waals surface area contributed by atoms with Crippen molar-refractivity contribution < 1.29 is 19.4 Å². The fourth-order valence-corrected chi connectivity index (χ4v) is 1.41. The highest BCUT2D eigenvalue weighted by Gasteiger charge is 2.26. The molecule has 0 aromatic heterocycles. The lowest BCUT2D eigenvalue weighted by atomic mass is 10.1. The second-order valence-corrected chi connectivity index (χ2v) is 4.75. The summed E-state index contributed by atoms with van der Waals surface area (Å²) in [5, 5.41) is 9.84. The Morgan fingerprint density at radius 1 is 1.31 bits per heavy atom. The van der Waals surface area contributed by atoms with Crippen molar-refractivity contribution in [3.63, 3.8) is 0 Å². The first-order valence-corrected chi connectivity index (χ1v) is 5.81. The Kier molecular flexibility index (Phi) is 6.60. The van der Waals surface area contributed by atoms with Gasteiger partial charge in [0.25, 0.3) is 0 Å². The summed E-state index contributed by atoms with van der Waals surface area (Å²) >= 11 is 0. The van der Waals surface area contributed by atoms with Gasteiger partial charge in [-0.25, -0.2) is 0 Å².